The molecule has 0 aromatic heterocycles. The van der Waals surface area contributed by atoms with E-state index in [4.69, 9.17) is 4.74 Å². The molecule has 0 fully saturated rings. The van der Waals surface area contributed by atoms with Gasteiger partial charge in [-0.05, 0) is 67.6 Å². The lowest BCUT2D eigenvalue weighted by Gasteiger charge is -2.23. The van der Waals surface area contributed by atoms with Gasteiger partial charge in [-0.15, -0.1) is 0 Å². The summed E-state index contributed by atoms with van der Waals surface area (Å²) in [5.74, 6) is -0.0826. The number of hydrogen-bond donors (Lipinski definition) is 2. The number of benzene rings is 3. The first-order chi connectivity index (χ1) is 16.5. The molecule has 3 aromatic rings. The molecular weight excluding hydrogens is 432 g/mol. The van der Waals surface area contributed by atoms with E-state index >= 15 is 0 Å². The normalized spacial score (nSPS) is 13.1. The van der Waals surface area contributed by atoms with Crippen LogP contribution in [0, 0.1) is 0 Å². The van der Waals surface area contributed by atoms with Gasteiger partial charge in [0, 0.05) is 29.8 Å². The van der Waals surface area contributed by atoms with Crippen molar-refractivity contribution in [2.75, 3.05) is 22.2 Å². The molecule has 8 heteroatoms. The summed E-state index contributed by atoms with van der Waals surface area (Å²) in [4.78, 5) is 37.5. The van der Waals surface area contributed by atoms with Crippen LogP contribution in [0.3, 0.4) is 0 Å². The van der Waals surface area contributed by atoms with Crippen LogP contribution in [0.4, 0.5) is 17.1 Å². The Morgan fingerprint density at radius 1 is 0.853 bits per heavy atom. The number of ether oxygens (including phenoxy) is 1. The summed E-state index contributed by atoms with van der Waals surface area (Å²) in [6.45, 7) is 2.48. The number of amides is 3. The average Bonchev–Trinajstić information content (AvgIpc) is 2.86. The van der Waals surface area contributed by atoms with Crippen LogP contribution in [0.25, 0.3) is 0 Å². The second kappa shape index (κ2) is 10.4. The molecule has 3 amide bonds. The molecule has 3 aromatic carbocycles. The molecule has 1 heterocycles. The average molecular weight is 457 g/mol. The number of nitrogens with zero attached hydrogens (tertiary/aromatic N) is 2. The van der Waals surface area contributed by atoms with Gasteiger partial charge in [-0.2, -0.15) is 5.10 Å². The van der Waals surface area contributed by atoms with Crippen molar-refractivity contribution >= 4 is 40.5 Å². The molecule has 0 atom stereocenters. The van der Waals surface area contributed by atoms with E-state index in [0.717, 1.165) is 5.75 Å². The van der Waals surface area contributed by atoms with Gasteiger partial charge in [-0.3, -0.25) is 14.4 Å². The van der Waals surface area contributed by atoms with Crippen molar-refractivity contribution in [2.24, 2.45) is 5.10 Å². The van der Waals surface area contributed by atoms with E-state index in [2.05, 4.69) is 15.7 Å². The van der Waals surface area contributed by atoms with Crippen molar-refractivity contribution < 1.29 is 19.1 Å². The number of carbonyl (C=O) groups is 3. The van der Waals surface area contributed by atoms with Gasteiger partial charge >= 0.3 is 0 Å². The Labute approximate surface area is 197 Å². The third kappa shape index (κ3) is 5.47. The molecule has 172 valence electrons. The molecule has 1 aliphatic rings. The molecule has 34 heavy (non-hydrogen) atoms. The lowest BCUT2D eigenvalue weighted by atomic mass is 10.1. The first-order valence-corrected chi connectivity index (χ1v) is 10.9. The summed E-state index contributed by atoms with van der Waals surface area (Å²) < 4.78 is 5.40. The predicted octanol–water partition coefficient (Wildman–Crippen LogP) is 4.46. The summed E-state index contributed by atoms with van der Waals surface area (Å²) >= 11 is 0. The number of anilines is 3. The number of hydrazone groups is 1. The van der Waals surface area contributed by atoms with Crippen LogP contribution in [-0.2, 0) is 9.59 Å². The maximum absolute atomic E-state index is 12.7. The molecule has 0 unspecified atom stereocenters. The van der Waals surface area contributed by atoms with Crippen LogP contribution in [0.2, 0.25) is 0 Å². The third-order valence-corrected chi connectivity index (χ3v) is 5.12. The van der Waals surface area contributed by atoms with Crippen molar-refractivity contribution in [1.82, 2.24) is 0 Å². The van der Waals surface area contributed by atoms with Crippen molar-refractivity contribution in [2.45, 2.75) is 19.8 Å². The summed E-state index contributed by atoms with van der Waals surface area (Å²) in [5, 5.41) is 11.1. The van der Waals surface area contributed by atoms with Crippen LogP contribution < -0.4 is 20.4 Å². The zero-order valence-corrected chi connectivity index (χ0v) is 18.7. The van der Waals surface area contributed by atoms with Gasteiger partial charge in [0.25, 0.3) is 11.8 Å². The Morgan fingerprint density at radius 2 is 1.47 bits per heavy atom. The lowest BCUT2D eigenvalue weighted by Crippen LogP contribution is -2.36. The summed E-state index contributed by atoms with van der Waals surface area (Å²) in [6.07, 6.45) is 0.461. The van der Waals surface area contributed by atoms with Gasteiger partial charge < -0.3 is 15.4 Å². The molecule has 0 radical (unpaired) electrons. The van der Waals surface area contributed by atoms with Crippen molar-refractivity contribution in [3.05, 3.63) is 84.4 Å². The zero-order chi connectivity index (χ0) is 23.9. The second-order valence-corrected chi connectivity index (χ2v) is 7.53. The van der Waals surface area contributed by atoms with Crippen LogP contribution >= 0.6 is 0 Å². The Kier molecular flexibility index (Phi) is 6.98. The van der Waals surface area contributed by atoms with Gasteiger partial charge in [0.15, 0.2) is 0 Å². The highest BCUT2D eigenvalue weighted by Crippen LogP contribution is 2.21. The van der Waals surface area contributed by atoms with Gasteiger partial charge in [0.2, 0.25) is 5.91 Å². The highest BCUT2D eigenvalue weighted by atomic mass is 16.5. The van der Waals surface area contributed by atoms with Gasteiger partial charge in [0.05, 0.1) is 12.3 Å². The standard InChI is InChI=1S/C26H24N4O4/c1-2-34-22-14-12-20(13-15-22)27-25(32)18-8-10-19(11-9-18)28-26(33)23-16-17-24(31)30(29-23)21-6-4-3-5-7-21/h3-15H,2,16-17H2,1H3,(H,27,32)(H,28,33). The lowest BCUT2D eigenvalue weighted by molar-refractivity contribution is -0.118. The van der Waals surface area contributed by atoms with Crippen LogP contribution in [0.15, 0.2) is 84.0 Å². The van der Waals surface area contributed by atoms with E-state index in [-0.39, 0.29) is 36.3 Å². The van der Waals surface area contributed by atoms with Crippen LogP contribution in [-0.4, -0.2) is 30.0 Å². The minimum atomic E-state index is -0.389. The Bertz CT molecular complexity index is 1210. The minimum absolute atomic E-state index is 0.161. The van der Waals surface area contributed by atoms with E-state index in [1.807, 2.05) is 13.0 Å². The molecule has 0 saturated heterocycles. The molecular formula is C26H24N4O4. The quantitative estimate of drug-likeness (QED) is 0.548. The van der Waals surface area contributed by atoms with Gasteiger partial charge in [-0.1, -0.05) is 18.2 Å². The highest BCUT2D eigenvalue weighted by molar-refractivity contribution is 6.44. The number of carbonyl (C=O) groups excluding carboxylic acids is 3. The third-order valence-electron chi connectivity index (χ3n) is 5.12. The van der Waals surface area contributed by atoms with E-state index in [1.54, 1.807) is 72.8 Å². The number of rotatable bonds is 7. The molecule has 0 saturated carbocycles. The van der Waals surface area contributed by atoms with Gasteiger partial charge in [0.1, 0.15) is 11.5 Å². The molecule has 1 aliphatic heterocycles. The van der Waals surface area contributed by atoms with E-state index in [1.165, 1.54) is 5.01 Å². The van der Waals surface area contributed by atoms with Gasteiger partial charge in [-0.25, -0.2) is 5.01 Å². The number of hydrogen-bond acceptors (Lipinski definition) is 5. The van der Waals surface area contributed by atoms with E-state index < -0.39 is 0 Å². The Morgan fingerprint density at radius 3 is 2.12 bits per heavy atom. The summed E-state index contributed by atoms with van der Waals surface area (Å²) in [5.41, 5.74) is 2.50. The van der Waals surface area contributed by atoms with Crippen molar-refractivity contribution in [3.63, 3.8) is 0 Å². The van der Waals surface area contributed by atoms with Crippen molar-refractivity contribution in [3.8, 4) is 5.75 Å². The Hall–Kier alpha value is -4.46. The number of para-hydroxylation sites is 1. The maximum atomic E-state index is 12.7. The van der Waals surface area contributed by atoms with Crippen LogP contribution in [0.5, 0.6) is 5.75 Å². The molecule has 8 nitrogen and oxygen atoms in total. The largest absolute Gasteiger partial charge is 0.494 e. The maximum Gasteiger partial charge on any atom is 0.271 e. The molecule has 0 bridgehead atoms. The summed E-state index contributed by atoms with van der Waals surface area (Å²) in [6, 6.07) is 22.7. The second-order valence-electron chi connectivity index (χ2n) is 7.53. The Balaban J connectivity index is 1.38. The zero-order valence-electron chi connectivity index (χ0n) is 18.7. The fourth-order valence-corrected chi connectivity index (χ4v) is 3.40. The highest BCUT2D eigenvalue weighted by Gasteiger charge is 2.25. The smallest absolute Gasteiger partial charge is 0.271 e. The molecule has 2 N–H and O–H groups in total. The van der Waals surface area contributed by atoms with E-state index in [9.17, 15) is 14.4 Å². The number of nitrogens with one attached hydrogen (secondary N) is 2. The predicted molar refractivity (Wildman–Crippen MR) is 131 cm³/mol. The molecule has 4 rings (SSSR count). The fraction of sp³-hybridized carbons (Fsp3) is 0.154. The van der Waals surface area contributed by atoms with E-state index in [0.29, 0.717) is 29.2 Å². The fourth-order valence-electron chi connectivity index (χ4n) is 3.40. The monoisotopic (exact) mass is 456 g/mol. The first-order valence-electron chi connectivity index (χ1n) is 10.9. The topological polar surface area (TPSA) is 100 Å². The SMILES string of the molecule is CCOc1ccc(NC(=O)c2ccc(NC(=O)C3=NN(c4ccccc4)C(=O)CC3)cc2)cc1. The molecule has 0 spiro atoms. The first kappa shape index (κ1) is 22.7. The summed E-state index contributed by atoms with van der Waals surface area (Å²) in [7, 11) is 0. The molecule has 0 aliphatic carbocycles. The van der Waals surface area contributed by atoms with Crippen LogP contribution in [0.1, 0.15) is 30.1 Å². The van der Waals surface area contributed by atoms with Crippen molar-refractivity contribution in [1.29, 1.82) is 0 Å². The minimum Gasteiger partial charge on any atom is -0.494 e.